The number of benzene rings is 1. The van der Waals surface area contributed by atoms with E-state index in [4.69, 9.17) is 9.52 Å². The molecule has 0 aliphatic carbocycles. The molecule has 80 valence electrons. The van der Waals surface area contributed by atoms with E-state index in [1.807, 2.05) is 26.0 Å². The molecule has 0 spiro atoms. The van der Waals surface area contributed by atoms with Crippen molar-refractivity contribution in [2.75, 3.05) is 0 Å². The summed E-state index contributed by atoms with van der Waals surface area (Å²) in [5.41, 5.74) is 1.32. The first-order chi connectivity index (χ1) is 7.25. The summed E-state index contributed by atoms with van der Waals surface area (Å²) in [6, 6.07) is 7.19. The monoisotopic (exact) mass is 207 g/mol. The standard InChI is InChI=1S/C9H7NO3.C2H6/c11-9(12)5-8-10-6-3-1-2-4-7(6)13-8;1-2/h1-4H,5H2,(H,11,12);1-2H3. The maximum absolute atomic E-state index is 10.3. The highest BCUT2D eigenvalue weighted by atomic mass is 16.4. The van der Waals surface area contributed by atoms with Crippen molar-refractivity contribution in [2.24, 2.45) is 0 Å². The number of para-hydroxylation sites is 2. The summed E-state index contributed by atoms with van der Waals surface area (Å²) in [6.45, 7) is 4.00. The average Bonchev–Trinajstić information content (AvgIpc) is 2.61. The molecule has 4 nitrogen and oxygen atoms in total. The Labute approximate surface area is 87.5 Å². The molecule has 0 amide bonds. The van der Waals surface area contributed by atoms with Gasteiger partial charge in [-0.1, -0.05) is 26.0 Å². The Bertz CT molecular complexity index is 415. The second-order valence-corrected chi connectivity index (χ2v) is 2.65. The van der Waals surface area contributed by atoms with Crippen LogP contribution < -0.4 is 0 Å². The van der Waals surface area contributed by atoms with Crippen LogP contribution in [-0.4, -0.2) is 16.1 Å². The van der Waals surface area contributed by atoms with Crippen LogP contribution in [-0.2, 0) is 11.2 Å². The van der Waals surface area contributed by atoms with E-state index in [0.717, 1.165) is 0 Å². The summed E-state index contributed by atoms with van der Waals surface area (Å²) in [4.78, 5) is 14.4. The first kappa shape index (κ1) is 11.2. The molecule has 0 atom stereocenters. The van der Waals surface area contributed by atoms with E-state index in [2.05, 4.69) is 4.98 Å². The molecule has 0 radical (unpaired) electrons. The minimum atomic E-state index is -0.938. The van der Waals surface area contributed by atoms with E-state index in [0.29, 0.717) is 11.1 Å². The molecule has 0 saturated carbocycles. The maximum Gasteiger partial charge on any atom is 0.312 e. The van der Waals surface area contributed by atoms with E-state index in [1.165, 1.54) is 0 Å². The van der Waals surface area contributed by atoms with Crippen molar-refractivity contribution in [3.05, 3.63) is 30.2 Å². The van der Waals surface area contributed by atoms with Gasteiger partial charge in [-0.15, -0.1) is 0 Å². The van der Waals surface area contributed by atoms with Crippen molar-refractivity contribution in [1.82, 2.24) is 4.98 Å². The summed E-state index contributed by atoms with van der Waals surface area (Å²) in [5.74, 6) is -0.694. The molecule has 2 aromatic rings. The molecule has 4 heteroatoms. The Morgan fingerprint density at radius 3 is 2.67 bits per heavy atom. The third-order valence-electron chi connectivity index (χ3n) is 1.64. The molecule has 15 heavy (non-hydrogen) atoms. The van der Waals surface area contributed by atoms with Crippen molar-refractivity contribution >= 4 is 17.1 Å². The van der Waals surface area contributed by atoms with Gasteiger partial charge in [-0.2, -0.15) is 0 Å². The van der Waals surface area contributed by atoms with Crippen LogP contribution in [0.15, 0.2) is 28.7 Å². The van der Waals surface area contributed by atoms with Gasteiger partial charge in [0, 0.05) is 0 Å². The lowest BCUT2D eigenvalue weighted by molar-refractivity contribution is -0.136. The first-order valence-electron chi connectivity index (χ1n) is 4.82. The maximum atomic E-state index is 10.3. The van der Waals surface area contributed by atoms with Gasteiger partial charge in [0.1, 0.15) is 11.9 Å². The third kappa shape index (κ3) is 2.80. The molecule has 0 unspecified atom stereocenters. The molecular formula is C11H13NO3. The fraction of sp³-hybridized carbons (Fsp3) is 0.273. The average molecular weight is 207 g/mol. The van der Waals surface area contributed by atoms with Gasteiger partial charge in [0.05, 0.1) is 0 Å². The zero-order valence-corrected chi connectivity index (χ0v) is 8.73. The minimum Gasteiger partial charge on any atom is -0.481 e. The van der Waals surface area contributed by atoms with Crippen LogP contribution in [0, 0.1) is 0 Å². The Morgan fingerprint density at radius 2 is 2.07 bits per heavy atom. The molecule has 0 fully saturated rings. The van der Waals surface area contributed by atoms with E-state index in [-0.39, 0.29) is 12.3 Å². The molecule has 0 aliphatic heterocycles. The molecule has 2 rings (SSSR count). The number of nitrogens with zero attached hydrogens (tertiary/aromatic N) is 1. The number of oxazole rings is 1. The smallest absolute Gasteiger partial charge is 0.312 e. The largest absolute Gasteiger partial charge is 0.481 e. The van der Waals surface area contributed by atoms with Gasteiger partial charge in [-0.05, 0) is 12.1 Å². The van der Waals surface area contributed by atoms with Crippen LogP contribution in [0.5, 0.6) is 0 Å². The highest BCUT2D eigenvalue weighted by Crippen LogP contribution is 2.14. The summed E-state index contributed by atoms with van der Waals surface area (Å²) in [7, 11) is 0. The number of fused-ring (bicyclic) bond motifs is 1. The highest BCUT2D eigenvalue weighted by Gasteiger charge is 2.07. The topological polar surface area (TPSA) is 63.3 Å². The second kappa shape index (κ2) is 5.14. The molecule has 0 bridgehead atoms. The predicted molar refractivity (Wildman–Crippen MR) is 56.7 cm³/mol. The number of carboxylic acid groups (broad SMARTS) is 1. The first-order valence-corrected chi connectivity index (χ1v) is 4.82. The molecular weight excluding hydrogens is 194 g/mol. The fourth-order valence-corrected chi connectivity index (χ4v) is 1.12. The summed E-state index contributed by atoms with van der Waals surface area (Å²) in [5, 5.41) is 8.49. The van der Waals surface area contributed by atoms with Gasteiger partial charge in [0.2, 0.25) is 5.89 Å². The van der Waals surface area contributed by atoms with Crippen molar-refractivity contribution in [1.29, 1.82) is 0 Å². The van der Waals surface area contributed by atoms with Gasteiger partial charge < -0.3 is 9.52 Å². The number of carbonyl (C=O) groups is 1. The van der Waals surface area contributed by atoms with E-state index >= 15 is 0 Å². The predicted octanol–water partition coefficient (Wildman–Crippen LogP) is 2.48. The van der Waals surface area contributed by atoms with Crippen molar-refractivity contribution in [3.63, 3.8) is 0 Å². The SMILES string of the molecule is CC.O=C(O)Cc1nc2ccccc2o1. The van der Waals surface area contributed by atoms with Crippen LogP contribution in [0.25, 0.3) is 11.1 Å². The van der Waals surface area contributed by atoms with Gasteiger partial charge in [0.15, 0.2) is 5.58 Å². The van der Waals surface area contributed by atoms with Crippen LogP contribution in [0.1, 0.15) is 19.7 Å². The van der Waals surface area contributed by atoms with Crippen LogP contribution >= 0.6 is 0 Å². The van der Waals surface area contributed by atoms with E-state index in [9.17, 15) is 4.79 Å². The lowest BCUT2D eigenvalue weighted by atomic mass is 10.3. The molecule has 1 aromatic heterocycles. The Balaban J connectivity index is 0.000000531. The van der Waals surface area contributed by atoms with Crippen LogP contribution in [0.3, 0.4) is 0 Å². The zero-order chi connectivity index (χ0) is 11.3. The lowest BCUT2D eigenvalue weighted by Crippen LogP contribution is -1.99. The van der Waals surface area contributed by atoms with Gasteiger partial charge >= 0.3 is 5.97 Å². The number of hydrogen-bond acceptors (Lipinski definition) is 3. The van der Waals surface area contributed by atoms with E-state index < -0.39 is 5.97 Å². The lowest BCUT2D eigenvalue weighted by Gasteiger charge is -1.84. The minimum absolute atomic E-state index is 0.172. The number of rotatable bonds is 2. The fourth-order valence-electron chi connectivity index (χ4n) is 1.12. The quantitative estimate of drug-likeness (QED) is 0.821. The summed E-state index contributed by atoms with van der Waals surface area (Å²) >= 11 is 0. The molecule has 0 saturated heterocycles. The highest BCUT2D eigenvalue weighted by molar-refractivity contribution is 5.74. The van der Waals surface area contributed by atoms with Gasteiger partial charge in [0.25, 0.3) is 0 Å². The summed E-state index contributed by atoms with van der Waals surface area (Å²) in [6.07, 6.45) is -0.172. The molecule has 1 N–H and O–H groups in total. The number of carboxylic acids is 1. The third-order valence-corrected chi connectivity index (χ3v) is 1.64. The zero-order valence-electron chi connectivity index (χ0n) is 8.73. The van der Waals surface area contributed by atoms with Gasteiger partial charge in [-0.25, -0.2) is 4.98 Å². The van der Waals surface area contributed by atoms with Crippen molar-refractivity contribution < 1.29 is 14.3 Å². The number of aromatic nitrogens is 1. The van der Waals surface area contributed by atoms with Gasteiger partial charge in [-0.3, -0.25) is 4.79 Å². The van der Waals surface area contributed by atoms with Crippen molar-refractivity contribution in [2.45, 2.75) is 20.3 Å². The van der Waals surface area contributed by atoms with Crippen molar-refractivity contribution in [3.8, 4) is 0 Å². The molecule has 1 aromatic carbocycles. The molecule has 0 aliphatic rings. The Hall–Kier alpha value is -1.84. The van der Waals surface area contributed by atoms with Crippen LogP contribution in [0.4, 0.5) is 0 Å². The van der Waals surface area contributed by atoms with E-state index in [1.54, 1.807) is 12.1 Å². The Morgan fingerprint density at radius 1 is 1.40 bits per heavy atom. The Kier molecular flexibility index (Phi) is 3.85. The number of aliphatic carboxylic acids is 1. The normalized spacial score (nSPS) is 9.47. The molecule has 1 heterocycles. The van der Waals surface area contributed by atoms with Crippen LogP contribution in [0.2, 0.25) is 0 Å². The second-order valence-electron chi connectivity index (χ2n) is 2.65. The number of hydrogen-bond donors (Lipinski definition) is 1. The summed E-state index contributed by atoms with van der Waals surface area (Å²) < 4.78 is 5.19.